The van der Waals surface area contributed by atoms with Crippen molar-refractivity contribution in [2.75, 3.05) is 13.1 Å². The third-order valence-corrected chi connectivity index (χ3v) is 6.52. The highest BCUT2D eigenvalue weighted by atomic mass is 32.2. The minimum Gasteiger partial charge on any atom is -0.480 e. The van der Waals surface area contributed by atoms with Gasteiger partial charge in [0.1, 0.15) is 16.6 Å². The molecule has 0 aliphatic carbocycles. The summed E-state index contributed by atoms with van der Waals surface area (Å²) in [5.41, 5.74) is 0.112. The van der Waals surface area contributed by atoms with Crippen LogP contribution in [0.1, 0.15) is 44.1 Å². The smallest absolute Gasteiger partial charge is 0.326 e. The number of nitrogens with one attached hydrogen (secondary N) is 1. The molecule has 2 N–H and O–H groups in total. The lowest BCUT2D eigenvalue weighted by atomic mass is 10.0. The van der Waals surface area contributed by atoms with Crippen LogP contribution in [0.3, 0.4) is 0 Å². The van der Waals surface area contributed by atoms with E-state index in [1.54, 1.807) is 20.9 Å². The molecule has 1 aromatic heterocycles. The van der Waals surface area contributed by atoms with Gasteiger partial charge < -0.3 is 15.0 Å². The van der Waals surface area contributed by atoms with Gasteiger partial charge in [0.05, 0.1) is 0 Å². The fourth-order valence-electron chi connectivity index (χ4n) is 3.14. The van der Waals surface area contributed by atoms with Crippen LogP contribution in [0.25, 0.3) is 0 Å². The number of piperidine rings is 1. The minimum atomic E-state index is -3.68. The number of carboxylic acids is 1. The van der Waals surface area contributed by atoms with Crippen molar-refractivity contribution in [1.82, 2.24) is 14.2 Å². The molecule has 9 heteroatoms. The molecule has 0 saturated carbocycles. The van der Waals surface area contributed by atoms with E-state index in [0.29, 0.717) is 19.0 Å². The van der Waals surface area contributed by atoms with Crippen molar-refractivity contribution in [3.05, 3.63) is 18.0 Å². The van der Waals surface area contributed by atoms with Gasteiger partial charge in [-0.1, -0.05) is 20.8 Å². The summed E-state index contributed by atoms with van der Waals surface area (Å²) in [6.45, 7) is 6.34. The van der Waals surface area contributed by atoms with Gasteiger partial charge in [-0.25, -0.2) is 13.2 Å². The molecule has 1 unspecified atom stereocenters. The largest absolute Gasteiger partial charge is 0.480 e. The molecule has 8 nitrogen and oxygen atoms in total. The van der Waals surface area contributed by atoms with Gasteiger partial charge in [-0.2, -0.15) is 4.31 Å². The first-order valence-corrected chi connectivity index (χ1v) is 10.2. The summed E-state index contributed by atoms with van der Waals surface area (Å²) in [6, 6.07) is 0.267. The van der Waals surface area contributed by atoms with E-state index < -0.39 is 27.9 Å². The summed E-state index contributed by atoms with van der Waals surface area (Å²) in [5.74, 6) is -1.73. The molecule has 1 aliphatic rings. The topological polar surface area (TPSA) is 109 Å². The number of carbonyl (C=O) groups excluding carboxylic acids is 1. The van der Waals surface area contributed by atoms with Crippen LogP contribution in [0.5, 0.6) is 0 Å². The quantitative estimate of drug-likeness (QED) is 0.767. The maximum absolute atomic E-state index is 12.8. The Hall–Kier alpha value is -1.87. The predicted octanol–water partition coefficient (Wildman–Crippen LogP) is 1.28. The van der Waals surface area contributed by atoms with E-state index in [-0.39, 0.29) is 16.5 Å². The van der Waals surface area contributed by atoms with Gasteiger partial charge in [0.15, 0.2) is 0 Å². The fourth-order valence-corrected chi connectivity index (χ4v) is 4.81. The Bertz CT molecular complexity index is 784. The lowest BCUT2D eigenvalue weighted by molar-refractivity contribution is -0.140. The molecular weight excluding hydrogens is 358 g/mol. The van der Waals surface area contributed by atoms with Crippen LogP contribution < -0.4 is 5.32 Å². The zero-order valence-corrected chi connectivity index (χ0v) is 16.4. The number of carboxylic acid groups (broad SMARTS) is 1. The molecule has 0 bridgehead atoms. The van der Waals surface area contributed by atoms with Crippen molar-refractivity contribution >= 4 is 21.9 Å². The highest BCUT2D eigenvalue weighted by Gasteiger charge is 2.31. The second-order valence-corrected chi connectivity index (χ2v) is 9.25. The molecule has 1 amide bonds. The SMILES string of the molecule is CC1CCCN(S(=O)(=O)c2cc(C(=O)N[C@@H](C(=O)O)C(C)C)n(C)c2)C1. The van der Waals surface area contributed by atoms with E-state index >= 15 is 0 Å². The summed E-state index contributed by atoms with van der Waals surface area (Å²) in [5, 5.41) is 11.7. The first-order valence-electron chi connectivity index (χ1n) is 8.74. The first-order chi connectivity index (χ1) is 12.0. The number of amides is 1. The molecule has 0 spiro atoms. The van der Waals surface area contributed by atoms with Gasteiger partial charge in [-0.3, -0.25) is 4.79 Å². The number of carbonyl (C=O) groups is 2. The van der Waals surface area contributed by atoms with Crippen molar-refractivity contribution in [3.63, 3.8) is 0 Å². The average molecular weight is 385 g/mol. The third-order valence-electron chi connectivity index (χ3n) is 4.69. The van der Waals surface area contributed by atoms with E-state index in [1.165, 1.54) is 21.1 Å². The average Bonchev–Trinajstić information content (AvgIpc) is 2.94. The molecule has 0 radical (unpaired) electrons. The Kier molecular flexibility index (Phi) is 6.13. The van der Waals surface area contributed by atoms with Gasteiger partial charge in [-0.05, 0) is 30.7 Å². The molecular formula is C17H27N3O5S. The summed E-state index contributed by atoms with van der Waals surface area (Å²) in [6.07, 6.45) is 3.21. The maximum atomic E-state index is 12.8. The molecule has 1 aliphatic heterocycles. The van der Waals surface area contributed by atoms with Gasteiger partial charge in [0.25, 0.3) is 5.91 Å². The van der Waals surface area contributed by atoms with E-state index in [2.05, 4.69) is 5.32 Å². The van der Waals surface area contributed by atoms with E-state index in [0.717, 1.165) is 12.8 Å². The number of aryl methyl sites for hydroxylation is 1. The zero-order chi connectivity index (χ0) is 19.6. The van der Waals surface area contributed by atoms with Crippen molar-refractivity contribution in [2.24, 2.45) is 18.9 Å². The van der Waals surface area contributed by atoms with Gasteiger partial charge >= 0.3 is 5.97 Å². The molecule has 0 aromatic carbocycles. The molecule has 2 rings (SSSR count). The molecule has 1 saturated heterocycles. The van der Waals surface area contributed by atoms with Crippen molar-refractivity contribution in [1.29, 1.82) is 0 Å². The number of aliphatic carboxylic acids is 1. The Balaban J connectivity index is 2.25. The Labute approximate surface area is 154 Å². The van der Waals surface area contributed by atoms with E-state index in [1.807, 2.05) is 6.92 Å². The third kappa shape index (κ3) is 4.27. The molecule has 2 heterocycles. The maximum Gasteiger partial charge on any atom is 0.326 e. The minimum absolute atomic E-state index is 0.0515. The predicted molar refractivity (Wildman–Crippen MR) is 96.3 cm³/mol. The normalized spacial score (nSPS) is 20.1. The number of hydrogen-bond donors (Lipinski definition) is 2. The summed E-state index contributed by atoms with van der Waals surface area (Å²) >= 11 is 0. The van der Waals surface area contributed by atoms with Crippen LogP contribution >= 0.6 is 0 Å². The number of nitrogens with zero attached hydrogens (tertiary/aromatic N) is 2. The van der Waals surface area contributed by atoms with Gasteiger partial charge in [-0.15, -0.1) is 0 Å². The summed E-state index contributed by atoms with van der Waals surface area (Å²) in [4.78, 5) is 23.8. The number of sulfonamides is 1. The lowest BCUT2D eigenvalue weighted by Crippen LogP contribution is -2.44. The molecule has 1 aromatic rings. The summed E-state index contributed by atoms with van der Waals surface area (Å²) in [7, 11) is -2.11. The number of rotatable bonds is 6. The van der Waals surface area contributed by atoms with Crippen molar-refractivity contribution in [2.45, 2.75) is 44.6 Å². The van der Waals surface area contributed by atoms with Crippen molar-refractivity contribution < 1.29 is 23.1 Å². The molecule has 146 valence electrons. The standard InChI is InChI=1S/C17H27N3O5S/c1-11(2)15(17(22)23)18-16(21)14-8-13(10-19(14)4)26(24,25)20-7-5-6-12(3)9-20/h8,10-12,15H,5-7,9H2,1-4H3,(H,18,21)(H,22,23)/t12?,15-/m1/s1. The molecule has 1 fully saturated rings. The second-order valence-electron chi connectivity index (χ2n) is 7.32. The highest BCUT2D eigenvalue weighted by molar-refractivity contribution is 7.89. The van der Waals surface area contributed by atoms with Crippen LogP contribution in [0, 0.1) is 11.8 Å². The van der Waals surface area contributed by atoms with Crippen LogP contribution in [0.4, 0.5) is 0 Å². The van der Waals surface area contributed by atoms with Crippen LogP contribution in [-0.4, -0.2) is 53.4 Å². The van der Waals surface area contributed by atoms with Crippen LogP contribution in [0.2, 0.25) is 0 Å². The molecule has 26 heavy (non-hydrogen) atoms. The van der Waals surface area contributed by atoms with Crippen LogP contribution in [0.15, 0.2) is 17.2 Å². The van der Waals surface area contributed by atoms with Crippen molar-refractivity contribution in [3.8, 4) is 0 Å². The lowest BCUT2D eigenvalue weighted by Gasteiger charge is -2.29. The molecule has 2 atom stereocenters. The zero-order valence-electron chi connectivity index (χ0n) is 15.6. The van der Waals surface area contributed by atoms with E-state index in [4.69, 9.17) is 0 Å². The van der Waals surface area contributed by atoms with Gasteiger partial charge in [0, 0.05) is 26.3 Å². The van der Waals surface area contributed by atoms with E-state index in [9.17, 15) is 23.1 Å². The van der Waals surface area contributed by atoms with Crippen LogP contribution in [-0.2, 0) is 21.9 Å². The summed E-state index contributed by atoms with van der Waals surface area (Å²) < 4.78 is 28.6. The second kappa shape index (κ2) is 7.79. The van der Waals surface area contributed by atoms with Gasteiger partial charge in [0.2, 0.25) is 10.0 Å². The highest BCUT2D eigenvalue weighted by Crippen LogP contribution is 2.24. The Morgan fingerprint density at radius 1 is 1.35 bits per heavy atom. The number of aromatic nitrogens is 1. The first kappa shape index (κ1) is 20.4. The monoisotopic (exact) mass is 385 g/mol. The Morgan fingerprint density at radius 3 is 2.54 bits per heavy atom. The fraction of sp³-hybridized carbons (Fsp3) is 0.647. The number of hydrogen-bond acceptors (Lipinski definition) is 4. The Morgan fingerprint density at radius 2 is 2.00 bits per heavy atom.